The second kappa shape index (κ2) is 5.01. The van der Waals surface area contributed by atoms with E-state index in [1.54, 1.807) is 0 Å². The summed E-state index contributed by atoms with van der Waals surface area (Å²) >= 11 is 0. The Kier molecular flexibility index (Phi) is 3.44. The Bertz CT molecular complexity index is 359. The summed E-state index contributed by atoms with van der Waals surface area (Å²) in [5.41, 5.74) is 7.01. The van der Waals surface area contributed by atoms with Gasteiger partial charge in [0, 0.05) is 6.04 Å². The summed E-state index contributed by atoms with van der Waals surface area (Å²) < 4.78 is 0. The number of aliphatic imine (C=N–C) groups is 1. The average Bonchev–Trinajstić information content (AvgIpc) is 3.06. The molecule has 0 bridgehead atoms. The number of hydrogen-bond acceptors (Lipinski definition) is 1. The predicted octanol–water partition coefficient (Wildman–Crippen LogP) is 1.89. The van der Waals surface area contributed by atoms with Crippen molar-refractivity contribution in [3.63, 3.8) is 0 Å². The highest BCUT2D eigenvalue weighted by Gasteiger charge is 2.35. The first-order valence-corrected chi connectivity index (χ1v) is 5.90. The minimum atomic E-state index is 0.560. The van der Waals surface area contributed by atoms with E-state index in [-0.39, 0.29) is 0 Å². The van der Waals surface area contributed by atoms with Crippen LogP contribution < -0.4 is 11.1 Å². The zero-order valence-electron chi connectivity index (χ0n) is 9.69. The smallest absolute Gasteiger partial charge is 0.189 e. The Morgan fingerprint density at radius 1 is 1.44 bits per heavy atom. The van der Waals surface area contributed by atoms with Gasteiger partial charge < -0.3 is 11.1 Å². The fraction of sp³-hybridized carbons (Fsp3) is 0.462. The van der Waals surface area contributed by atoms with Gasteiger partial charge in [0.25, 0.3) is 0 Å². The molecule has 0 heterocycles. The highest BCUT2D eigenvalue weighted by atomic mass is 15.1. The van der Waals surface area contributed by atoms with E-state index in [4.69, 9.17) is 5.73 Å². The molecule has 2 unspecified atom stereocenters. The van der Waals surface area contributed by atoms with Gasteiger partial charge in [0.2, 0.25) is 0 Å². The first-order chi connectivity index (χ1) is 7.79. The quantitative estimate of drug-likeness (QED) is 0.597. The third-order valence-electron chi connectivity index (χ3n) is 3.06. The largest absolute Gasteiger partial charge is 0.370 e. The number of nitrogens with zero attached hydrogens (tertiary/aromatic N) is 1. The Morgan fingerprint density at radius 3 is 2.81 bits per heavy atom. The normalized spacial score (nSPS) is 24.2. The molecule has 0 aliphatic heterocycles. The standard InChI is InChI=1S/C13H19N3/c1-2-11-8-12(11)16-13(14)15-9-10-6-4-3-5-7-10/h3-7,11-12H,2,8-9H2,1H3,(H3,14,15,16). The van der Waals surface area contributed by atoms with Crippen molar-refractivity contribution in [3.8, 4) is 0 Å². The molecule has 1 fully saturated rings. The molecular weight excluding hydrogens is 198 g/mol. The summed E-state index contributed by atoms with van der Waals surface area (Å²) in [5.74, 6) is 1.37. The first-order valence-electron chi connectivity index (χ1n) is 5.90. The third kappa shape index (κ3) is 2.99. The lowest BCUT2D eigenvalue weighted by molar-refractivity contribution is 0.719. The Hall–Kier alpha value is -1.51. The van der Waals surface area contributed by atoms with Crippen LogP contribution in [0.25, 0.3) is 0 Å². The van der Waals surface area contributed by atoms with Crippen molar-refractivity contribution in [3.05, 3.63) is 35.9 Å². The summed E-state index contributed by atoms with van der Waals surface area (Å²) in [5, 5.41) is 3.25. The first kappa shape index (κ1) is 11.0. The van der Waals surface area contributed by atoms with Crippen molar-refractivity contribution in [1.82, 2.24) is 5.32 Å². The molecule has 1 aliphatic rings. The lowest BCUT2D eigenvalue weighted by atomic mass is 10.2. The summed E-state index contributed by atoms with van der Waals surface area (Å²) in [6, 6.07) is 10.7. The monoisotopic (exact) mass is 217 g/mol. The van der Waals surface area contributed by atoms with Crippen molar-refractivity contribution < 1.29 is 0 Å². The molecule has 3 heteroatoms. The SMILES string of the molecule is CCC1CC1NC(N)=NCc1ccccc1. The van der Waals surface area contributed by atoms with Crippen LogP contribution in [0.5, 0.6) is 0 Å². The van der Waals surface area contributed by atoms with Crippen LogP contribution in [0.2, 0.25) is 0 Å². The predicted molar refractivity (Wildman–Crippen MR) is 67.1 cm³/mol. The zero-order chi connectivity index (χ0) is 11.4. The molecule has 86 valence electrons. The second-order valence-corrected chi connectivity index (χ2v) is 4.34. The molecule has 1 saturated carbocycles. The van der Waals surface area contributed by atoms with Gasteiger partial charge in [0.05, 0.1) is 6.54 Å². The number of benzene rings is 1. The van der Waals surface area contributed by atoms with Gasteiger partial charge in [-0.3, -0.25) is 0 Å². The minimum Gasteiger partial charge on any atom is -0.370 e. The fourth-order valence-electron chi connectivity index (χ4n) is 1.87. The van der Waals surface area contributed by atoms with Crippen LogP contribution in [0.3, 0.4) is 0 Å². The van der Waals surface area contributed by atoms with Crippen LogP contribution in [0, 0.1) is 5.92 Å². The number of hydrogen-bond donors (Lipinski definition) is 2. The maximum absolute atomic E-state index is 5.82. The fourth-order valence-corrected chi connectivity index (χ4v) is 1.87. The molecular formula is C13H19N3. The summed E-state index contributed by atoms with van der Waals surface area (Å²) in [4.78, 5) is 4.33. The van der Waals surface area contributed by atoms with E-state index in [0.29, 0.717) is 18.5 Å². The molecule has 0 spiro atoms. The van der Waals surface area contributed by atoms with E-state index < -0.39 is 0 Å². The Balaban J connectivity index is 1.79. The van der Waals surface area contributed by atoms with Crippen LogP contribution in [0.1, 0.15) is 25.3 Å². The van der Waals surface area contributed by atoms with Gasteiger partial charge in [0.1, 0.15) is 0 Å². The van der Waals surface area contributed by atoms with Gasteiger partial charge in [-0.25, -0.2) is 4.99 Å². The van der Waals surface area contributed by atoms with Crippen LogP contribution in [-0.2, 0) is 6.54 Å². The molecule has 2 rings (SSSR count). The Morgan fingerprint density at radius 2 is 2.19 bits per heavy atom. The van der Waals surface area contributed by atoms with Crippen molar-refractivity contribution in [2.24, 2.45) is 16.6 Å². The van der Waals surface area contributed by atoms with E-state index in [0.717, 1.165) is 5.92 Å². The van der Waals surface area contributed by atoms with E-state index in [1.807, 2.05) is 18.2 Å². The number of guanidine groups is 1. The second-order valence-electron chi connectivity index (χ2n) is 4.34. The van der Waals surface area contributed by atoms with Gasteiger partial charge in [0.15, 0.2) is 5.96 Å². The molecule has 3 N–H and O–H groups in total. The molecule has 0 saturated heterocycles. The number of nitrogens with one attached hydrogen (secondary N) is 1. The van der Waals surface area contributed by atoms with Gasteiger partial charge in [-0.05, 0) is 17.9 Å². The lowest BCUT2D eigenvalue weighted by Gasteiger charge is -2.04. The van der Waals surface area contributed by atoms with Crippen molar-refractivity contribution >= 4 is 5.96 Å². The highest BCUT2D eigenvalue weighted by Crippen LogP contribution is 2.32. The molecule has 3 nitrogen and oxygen atoms in total. The summed E-state index contributed by atoms with van der Waals surface area (Å²) in [6.07, 6.45) is 2.46. The van der Waals surface area contributed by atoms with Crippen LogP contribution in [0.4, 0.5) is 0 Å². The van der Waals surface area contributed by atoms with Crippen LogP contribution >= 0.6 is 0 Å². The zero-order valence-corrected chi connectivity index (χ0v) is 9.69. The third-order valence-corrected chi connectivity index (χ3v) is 3.06. The van der Waals surface area contributed by atoms with E-state index in [1.165, 1.54) is 18.4 Å². The molecule has 0 radical (unpaired) electrons. The molecule has 0 amide bonds. The van der Waals surface area contributed by atoms with Crippen molar-refractivity contribution in [1.29, 1.82) is 0 Å². The van der Waals surface area contributed by atoms with Gasteiger partial charge in [-0.1, -0.05) is 43.7 Å². The molecule has 1 aromatic rings. The minimum absolute atomic E-state index is 0.560. The molecule has 16 heavy (non-hydrogen) atoms. The molecule has 1 aliphatic carbocycles. The average molecular weight is 217 g/mol. The summed E-state index contributed by atoms with van der Waals surface area (Å²) in [7, 11) is 0. The van der Waals surface area contributed by atoms with Crippen molar-refractivity contribution in [2.75, 3.05) is 0 Å². The molecule has 1 aromatic carbocycles. The number of rotatable bonds is 4. The van der Waals surface area contributed by atoms with Gasteiger partial charge >= 0.3 is 0 Å². The van der Waals surface area contributed by atoms with E-state index in [2.05, 4.69) is 29.4 Å². The van der Waals surface area contributed by atoms with Crippen LogP contribution in [-0.4, -0.2) is 12.0 Å². The topological polar surface area (TPSA) is 50.4 Å². The maximum atomic E-state index is 5.82. The van der Waals surface area contributed by atoms with Crippen LogP contribution in [0.15, 0.2) is 35.3 Å². The molecule has 2 atom stereocenters. The maximum Gasteiger partial charge on any atom is 0.189 e. The summed E-state index contributed by atoms with van der Waals surface area (Å²) in [6.45, 7) is 2.87. The van der Waals surface area contributed by atoms with E-state index >= 15 is 0 Å². The Labute approximate surface area is 96.8 Å². The lowest BCUT2D eigenvalue weighted by Crippen LogP contribution is -2.34. The highest BCUT2D eigenvalue weighted by molar-refractivity contribution is 5.78. The van der Waals surface area contributed by atoms with E-state index in [9.17, 15) is 0 Å². The molecule has 0 aromatic heterocycles. The van der Waals surface area contributed by atoms with Gasteiger partial charge in [-0.15, -0.1) is 0 Å². The van der Waals surface area contributed by atoms with Crippen molar-refractivity contribution in [2.45, 2.75) is 32.4 Å². The van der Waals surface area contributed by atoms with Gasteiger partial charge in [-0.2, -0.15) is 0 Å². The number of nitrogens with two attached hydrogens (primary N) is 1.